The molecule has 0 unspecified atom stereocenters. The summed E-state index contributed by atoms with van der Waals surface area (Å²) in [6.45, 7) is 0. The summed E-state index contributed by atoms with van der Waals surface area (Å²) >= 11 is 1.36. The first-order valence-electron chi connectivity index (χ1n) is 6.62. The van der Waals surface area contributed by atoms with Crippen LogP contribution in [-0.4, -0.2) is 31.5 Å². The number of rotatable bonds is 5. The van der Waals surface area contributed by atoms with Crippen LogP contribution in [0.1, 0.15) is 27.3 Å². The quantitative estimate of drug-likeness (QED) is 0.426. The van der Waals surface area contributed by atoms with Gasteiger partial charge >= 0.3 is 0 Å². The number of benzene rings is 1. The number of ketones is 1. The average molecular weight is 330 g/mol. The molecule has 2 heterocycles. The van der Waals surface area contributed by atoms with Gasteiger partial charge in [0.2, 0.25) is 11.6 Å². The standard InChI is InChI=1S/C15H11FN4O2S/c16-12-4-2-1-3-9(12)5-10-7-23-8-11(10)13(21)6-14(22)15-17-19-20-18-15/h1-4,6-8,21H,5H2,(H,17,18,19,20). The molecule has 2 N–H and O–H groups in total. The van der Waals surface area contributed by atoms with E-state index in [2.05, 4.69) is 20.6 Å². The number of nitrogens with zero attached hydrogens (tertiary/aromatic N) is 3. The summed E-state index contributed by atoms with van der Waals surface area (Å²) in [6.07, 6.45) is 1.34. The molecule has 2 aromatic heterocycles. The van der Waals surface area contributed by atoms with Gasteiger partial charge < -0.3 is 5.11 Å². The topological polar surface area (TPSA) is 91.8 Å². The number of tetrazole rings is 1. The van der Waals surface area contributed by atoms with Crippen molar-refractivity contribution in [1.29, 1.82) is 0 Å². The molecular formula is C15H11FN4O2S. The highest BCUT2D eigenvalue weighted by Gasteiger charge is 2.14. The molecule has 0 aliphatic carbocycles. The van der Waals surface area contributed by atoms with Crippen LogP contribution in [-0.2, 0) is 6.42 Å². The maximum Gasteiger partial charge on any atom is 0.244 e. The molecule has 0 bridgehead atoms. The minimum absolute atomic E-state index is 0.137. The third-order valence-corrected chi connectivity index (χ3v) is 3.98. The van der Waals surface area contributed by atoms with Crippen molar-refractivity contribution in [3.63, 3.8) is 0 Å². The van der Waals surface area contributed by atoms with E-state index in [0.29, 0.717) is 17.5 Å². The van der Waals surface area contributed by atoms with Crippen LogP contribution in [0, 0.1) is 5.82 Å². The molecule has 8 heteroatoms. The Hall–Kier alpha value is -2.87. The van der Waals surface area contributed by atoms with Gasteiger partial charge in [0.1, 0.15) is 11.6 Å². The normalized spacial score (nSPS) is 11.6. The largest absolute Gasteiger partial charge is 0.507 e. The number of carbonyl (C=O) groups is 1. The van der Waals surface area contributed by atoms with Gasteiger partial charge in [-0.1, -0.05) is 18.2 Å². The number of aliphatic hydroxyl groups excluding tert-OH is 1. The van der Waals surface area contributed by atoms with Crippen LogP contribution in [0.4, 0.5) is 4.39 Å². The Morgan fingerprint density at radius 3 is 2.87 bits per heavy atom. The molecule has 0 atom stereocenters. The molecule has 116 valence electrons. The van der Waals surface area contributed by atoms with E-state index < -0.39 is 5.78 Å². The fraction of sp³-hybridized carbons (Fsp3) is 0.0667. The Morgan fingerprint density at radius 1 is 1.30 bits per heavy atom. The second-order valence-corrected chi connectivity index (χ2v) is 5.45. The number of allylic oxidation sites excluding steroid dienone is 1. The summed E-state index contributed by atoms with van der Waals surface area (Å²) in [4.78, 5) is 11.9. The van der Waals surface area contributed by atoms with E-state index >= 15 is 0 Å². The van der Waals surface area contributed by atoms with Crippen LogP contribution in [0.3, 0.4) is 0 Å². The molecule has 3 aromatic rings. The van der Waals surface area contributed by atoms with Crippen molar-refractivity contribution >= 4 is 22.9 Å². The van der Waals surface area contributed by atoms with E-state index in [0.717, 1.165) is 11.6 Å². The molecule has 3 rings (SSSR count). The van der Waals surface area contributed by atoms with Crippen LogP contribution in [0.5, 0.6) is 0 Å². The number of aromatic amines is 1. The Labute approximate surface area is 134 Å². The van der Waals surface area contributed by atoms with Crippen LogP contribution in [0.15, 0.2) is 41.1 Å². The van der Waals surface area contributed by atoms with Gasteiger partial charge in [0.25, 0.3) is 0 Å². The number of aliphatic hydroxyl groups is 1. The van der Waals surface area contributed by atoms with Gasteiger partial charge in [0, 0.05) is 23.4 Å². The van der Waals surface area contributed by atoms with E-state index in [1.807, 2.05) is 5.38 Å². The molecule has 0 saturated heterocycles. The van der Waals surface area contributed by atoms with Gasteiger partial charge in [0.05, 0.1) is 0 Å². The first kappa shape index (κ1) is 15.0. The van der Waals surface area contributed by atoms with E-state index in [9.17, 15) is 14.3 Å². The zero-order valence-corrected chi connectivity index (χ0v) is 12.5. The zero-order valence-electron chi connectivity index (χ0n) is 11.7. The highest BCUT2D eigenvalue weighted by Crippen LogP contribution is 2.25. The summed E-state index contributed by atoms with van der Waals surface area (Å²) in [5, 5.41) is 26.2. The fourth-order valence-corrected chi connectivity index (χ4v) is 2.92. The summed E-state index contributed by atoms with van der Waals surface area (Å²) in [5.41, 5.74) is 1.73. The molecule has 6 nitrogen and oxygen atoms in total. The Morgan fingerprint density at radius 2 is 2.13 bits per heavy atom. The van der Waals surface area contributed by atoms with Crippen LogP contribution in [0.25, 0.3) is 5.76 Å². The lowest BCUT2D eigenvalue weighted by Crippen LogP contribution is -2.00. The van der Waals surface area contributed by atoms with Crippen molar-refractivity contribution < 1.29 is 14.3 Å². The highest BCUT2D eigenvalue weighted by atomic mass is 32.1. The smallest absolute Gasteiger partial charge is 0.244 e. The second-order valence-electron chi connectivity index (χ2n) is 4.71. The second kappa shape index (κ2) is 6.49. The maximum absolute atomic E-state index is 13.8. The van der Waals surface area contributed by atoms with Crippen molar-refractivity contribution in [3.05, 3.63) is 69.4 Å². The third kappa shape index (κ3) is 3.32. The average Bonchev–Trinajstić information content (AvgIpc) is 3.20. The van der Waals surface area contributed by atoms with Crippen molar-refractivity contribution in [2.75, 3.05) is 0 Å². The Kier molecular flexibility index (Phi) is 4.24. The van der Waals surface area contributed by atoms with Crippen LogP contribution in [0.2, 0.25) is 0 Å². The Balaban J connectivity index is 1.86. The number of carbonyl (C=O) groups excluding carboxylic acids is 1. The lowest BCUT2D eigenvalue weighted by molar-refractivity contribution is 0.103. The molecular weight excluding hydrogens is 319 g/mol. The van der Waals surface area contributed by atoms with Crippen molar-refractivity contribution in [3.8, 4) is 0 Å². The van der Waals surface area contributed by atoms with Gasteiger partial charge in [-0.15, -0.1) is 10.2 Å². The van der Waals surface area contributed by atoms with Gasteiger partial charge in [-0.25, -0.2) is 4.39 Å². The molecule has 0 amide bonds. The summed E-state index contributed by atoms with van der Waals surface area (Å²) in [6, 6.07) is 6.44. The number of H-pyrrole nitrogens is 1. The predicted molar refractivity (Wildman–Crippen MR) is 82.6 cm³/mol. The molecule has 0 aliphatic heterocycles. The molecule has 1 aromatic carbocycles. The van der Waals surface area contributed by atoms with Gasteiger partial charge in [-0.3, -0.25) is 4.79 Å². The number of aromatic nitrogens is 4. The molecule has 0 fully saturated rings. The van der Waals surface area contributed by atoms with Crippen LogP contribution >= 0.6 is 11.3 Å². The molecule has 23 heavy (non-hydrogen) atoms. The lowest BCUT2D eigenvalue weighted by atomic mass is 10.0. The first-order valence-corrected chi connectivity index (χ1v) is 7.56. The van der Waals surface area contributed by atoms with Gasteiger partial charge in [-0.2, -0.15) is 16.6 Å². The molecule has 0 spiro atoms. The van der Waals surface area contributed by atoms with E-state index in [4.69, 9.17) is 0 Å². The first-order chi connectivity index (χ1) is 11.1. The fourth-order valence-electron chi connectivity index (χ4n) is 2.06. The van der Waals surface area contributed by atoms with E-state index in [1.165, 1.54) is 17.4 Å². The van der Waals surface area contributed by atoms with Crippen molar-refractivity contribution in [1.82, 2.24) is 20.6 Å². The van der Waals surface area contributed by atoms with Gasteiger partial charge in [0.15, 0.2) is 0 Å². The maximum atomic E-state index is 13.8. The minimum Gasteiger partial charge on any atom is -0.507 e. The predicted octanol–water partition coefficient (Wildman–Crippen LogP) is 2.77. The number of hydrogen-bond acceptors (Lipinski definition) is 6. The molecule has 0 saturated carbocycles. The van der Waals surface area contributed by atoms with E-state index in [1.54, 1.807) is 23.6 Å². The Bertz CT molecular complexity index is 858. The van der Waals surface area contributed by atoms with E-state index in [-0.39, 0.29) is 17.4 Å². The molecule has 0 aliphatic rings. The third-order valence-electron chi connectivity index (χ3n) is 3.19. The number of hydrogen-bond donors (Lipinski definition) is 2. The minimum atomic E-state index is -0.570. The summed E-state index contributed by atoms with van der Waals surface area (Å²) < 4.78 is 13.8. The van der Waals surface area contributed by atoms with Gasteiger partial charge in [-0.05, 0) is 27.8 Å². The SMILES string of the molecule is O=C(C=C(O)c1cscc1Cc1ccccc1F)c1nn[nH]n1. The highest BCUT2D eigenvalue weighted by molar-refractivity contribution is 7.08. The monoisotopic (exact) mass is 330 g/mol. The summed E-state index contributed by atoms with van der Waals surface area (Å²) in [5.74, 6) is -1.23. The van der Waals surface area contributed by atoms with Crippen LogP contribution < -0.4 is 0 Å². The molecule has 0 radical (unpaired) electrons. The van der Waals surface area contributed by atoms with Crippen molar-refractivity contribution in [2.24, 2.45) is 0 Å². The number of thiophene rings is 1. The lowest BCUT2D eigenvalue weighted by Gasteiger charge is -2.05. The number of nitrogens with one attached hydrogen (secondary N) is 1. The van der Waals surface area contributed by atoms with Crippen molar-refractivity contribution in [2.45, 2.75) is 6.42 Å². The summed E-state index contributed by atoms with van der Waals surface area (Å²) in [7, 11) is 0. The number of halogens is 1. The zero-order chi connectivity index (χ0) is 16.2.